The molecule has 0 aromatic heterocycles. The lowest BCUT2D eigenvalue weighted by Crippen LogP contribution is -2.40. The van der Waals surface area contributed by atoms with Crippen molar-refractivity contribution in [2.75, 3.05) is 11.5 Å². The number of esters is 2. The zero-order chi connectivity index (χ0) is 9.84. The van der Waals surface area contributed by atoms with Crippen molar-refractivity contribution >= 4 is 33.5 Å². The molecule has 5 nitrogen and oxygen atoms in total. The van der Waals surface area contributed by atoms with Crippen LogP contribution in [0.15, 0.2) is 0 Å². The number of ether oxygens (including phenoxy) is 1. The van der Waals surface area contributed by atoms with Crippen molar-refractivity contribution in [3.05, 3.63) is 0 Å². The van der Waals surface area contributed by atoms with Crippen LogP contribution in [0.25, 0.3) is 0 Å². The highest BCUT2D eigenvalue weighted by Gasteiger charge is 2.25. The lowest BCUT2D eigenvalue weighted by molar-refractivity contribution is -0.160. The fourth-order valence-corrected chi connectivity index (χ4v) is 2.84. The number of hydrogen-bond acceptors (Lipinski definition) is 7. The number of hydrogen-bond donors (Lipinski definition) is 2. The maximum absolute atomic E-state index is 11.0. The molecule has 1 aliphatic heterocycles. The molecule has 0 spiro atoms. The van der Waals surface area contributed by atoms with Gasteiger partial charge in [-0.15, -0.1) is 0 Å². The molecule has 1 heterocycles. The summed E-state index contributed by atoms with van der Waals surface area (Å²) in [6.07, 6.45) is 0. The van der Waals surface area contributed by atoms with Crippen molar-refractivity contribution in [2.45, 2.75) is 12.1 Å². The van der Waals surface area contributed by atoms with Crippen LogP contribution in [0.2, 0.25) is 0 Å². The Kier molecular flexibility index (Phi) is 4.04. The molecule has 0 aromatic rings. The molecule has 0 amide bonds. The number of nitrogens with two attached hydrogens (primary N) is 2. The van der Waals surface area contributed by atoms with E-state index >= 15 is 0 Å². The highest BCUT2D eigenvalue weighted by molar-refractivity contribution is 8.76. The van der Waals surface area contributed by atoms with Crippen LogP contribution in [0.1, 0.15) is 0 Å². The van der Waals surface area contributed by atoms with Gasteiger partial charge in [0.15, 0.2) is 0 Å². The van der Waals surface area contributed by atoms with Gasteiger partial charge in [-0.25, -0.2) is 9.59 Å². The van der Waals surface area contributed by atoms with E-state index in [1.165, 1.54) is 21.6 Å². The Morgan fingerprint density at radius 1 is 1.08 bits per heavy atom. The first-order valence-electron chi connectivity index (χ1n) is 3.62. The first-order chi connectivity index (χ1) is 6.11. The molecule has 0 radical (unpaired) electrons. The van der Waals surface area contributed by atoms with Crippen molar-refractivity contribution in [1.29, 1.82) is 0 Å². The van der Waals surface area contributed by atoms with Crippen LogP contribution < -0.4 is 11.5 Å². The second kappa shape index (κ2) is 4.85. The molecular weight excluding hydrogens is 212 g/mol. The molecule has 1 fully saturated rings. The normalized spacial score (nSPS) is 31.5. The van der Waals surface area contributed by atoms with Gasteiger partial charge < -0.3 is 16.2 Å². The van der Waals surface area contributed by atoms with E-state index in [-0.39, 0.29) is 0 Å². The van der Waals surface area contributed by atoms with Gasteiger partial charge in [0, 0.05) is 11.5 Å². The van der Waals surface area contributed by atoms with Crippen molar-refractivity contribution < 1.29 is 14.3 Å². The predicted octanol–water partition coefficient (Wildman–Crippen LogP) is -0.894. The van der Waals surface area contributed by atoms with Crippen LogP contribution in [-0.4, -0.2) is 35.5 Å². The lowest BCUT2D eigenvalue weighted by atomic mass is 10.3. The monoisotopic (exact) mass is 222 g/mol. The highest BCUT2D eigenvalue weighted by atomic mass is 33.1. The summed E-state index contributed by atoms with van der Waals surface area (Å²) in [6, 6.07) is -1.49. The second-order valence-corrected chi connectivity index (χ2v) is 5.07. The molecule has 4 N–H and O–H groups in total. The molecular formula is C6H10N2O3S2. The van der Waals surface area contributed by atoms with Gasteiger partial charge in [-0.1, -0.05) is 21.6 Å². The van der Waals surface area contributed by atoms with Gasteiger partial charge in [-0.05, 0) is 0 Å². The number of carbonyl (C=O) groups is 2. The van der Waals surface area contributed by atoms with Gasteiger partial charge in [0.2, 0.25) is 0 Å². The molecule has 13 heavy (non-hydrogen) atoms. The Balaban J connectivity index is 2.62. The molecule has 1 saturated heterocycles. The third-order valence-electron chi connectivity index (χ3n) is 1.39. The summed E-state index contributed by atoms with van der Waals surface area (Å²) in [6.45, 7) is 0. The predicted molar refractivity (Wildman–Crippen MR) is 52.0 cm³/mol. The minimum Gasteiger partial charge on any atom is -0.391 e. The fourth-order valence-electron chi connectivity index (χ4n) is 0.629. The standard InChI is InChI=1S/C6H10N2O3S2/c7-3-1-12-13-2-4(8)6(10)11-5(3)9/h3-4H,1-2,7-8H2/t3-,4-/m0/s1. The minimum atomic E-state index is -0.744. The van der Waals surface area contributed by atoms with E-state index in [2.05, 4.69) is 4.74 Å². The van der Waals surface area contributed by atoms with E-state index in [9.17, 15) is 9.59 Å². The average molecular weight is 222 g/mol. The Bertz CT molecular complexity index is 202. The van der Waals surface area contributed by atoms with E-state index in [4.69, 9.17) is 11.5 Å². The van der Waals surface area contributed by atoms with Crippen LogP contribution in [0, 0.1) is 0 Å². The molecule has 1 rings (SSSR count). The first kappa shape index (κ1) is 10.8. The van der Waals surface area contributed by atoms with Crippen LogP contribution in [0.3, 0.4) is 0 Å². The van der Waals surface area contributed by atoms with Crippen molar-refractivity contribution in [3.63, 3.8) is 0 Å². The summed E-state index contributed by atoms with van der Waals surface area (Å²) in [5.74, 6) is -0.529. The zero-order valence-corrected chi connectivity index (χ0v) is 8.40. The van der Waals surface area contributed by atoms with Crippen molar-refractivity contribution in [3.8, 4) is 0 Å². The third kappa shape index (κ3) is 3.18. The molecule has 2 atom stereocenters. The Hall–Kier alpha value is -0.240. The van der Waals surface area contributed by atoms with Gasteiger partial charge >= 0.3 is 11.9 Å². The zero-order valence-electron chi connectivity index (χ0n) is 6.76. The number of carbonyl (C=O) groups excluding carboxylic acids is 2. The quantitative estimate of drug-likeness (QED) is 0.312. The molecule has 0 bridgehead atoms. The molecule has 0 aliphatic carbocycles. The third-order valence-corrected chi connectivity index (χ3v) is 3.86. The van der Waals surface area contributed by atoms with E-state index in [1.54, 1.807) is 0 Å². The van der Waals surface area contributed by atoms with E-state index in [0.717, 1.165) is 0 Å². The summed E-state index contributed by atoms with van der Waals surface area (Å²) in [5.41, 5.74) is 10.8. The molecule has 0 saturated carbocycles. The lowest BCUT2D eigenvalue weighted by Gasteiger charge is -2.07. The number of rotatable bonds is 0. The largest absolute Gasteiger partial charge is 0.391 e. The maximum atomic E-state index is 11.0. The van der Waals surface area contributed by atoms with Gasteiger partial charge in [0.25, 0.3) is 0 Å². The summed E-state index contributed by atoms with van der Waals surface area (Å²) in [4.78, 5) is 22.1. The van der Waals surface area contributed by atoms with E-state index in [0.29, 0.717) is 11.5 Å². The van der Waals surface area contributed by atoms with Crippen LogP contribution in [0.5, 0.6) is 0 Å². The van der Waals surface area contributed by atoms with Gasteiger partial charge in [0.1, 0.15) is 12.1 Å². The van der Waals surface area contributed by atoms with Crippen LogP contribution >= 0.6 is 21.6 Å². The molecule has 1 aliphatic rings. The molecule has 74 valence electrons. The second-order valence-electron chi connectivity index (χ2n) is 2.52. The van der Waals surface area contributed by atoms with Gasteiger partial charge in [0.05, 0.1) is 0 Å². The topological polar surface area (TPSA) is 95.4 Å². The van der Waals surface area contributed by atoms with Crippen molar-refractivity contribution in [1.82, 2.24) is 0 Å². The SMILES string of the molecule is N[C@H]1CSSC[C@H](N)C(=O)OC1=O. The maximum Gasteiger partial charge on any atom is 0.331 e. The first-order valence-corrected chi connectivity index (χ1v) is 6.11. The highest BCUT2D eigenvalue weighted by Crippen LogP contribution is 2.23. The van der Waals surface area contributed by atoms with E-state index < -0.39 is 24.0 Å². The smallest absolute Gasteiger partial charge is 0.331 e. The molecule has 7 heteroatoms. The summed E-state index contributed by atoms with van der Waals surface area (Å²) in [7, 11) is 2.84. The number of cyclic esters (lactones) is 2. The van der Waals surface area contributed by atoms with Crippen LogP contribution in [-0.2, 0) is 14.3 Å². The average Bonchev–Trinajstić information content (AvgIpc) is 2.13. The fraction of sp³-hybridized carbons (Fsp3) is 0.667. The Morgan fingerprint density at radius 3 is 1.85 bits per heavy atom. The summed E-state index contributed by atoms with van der Waals surface area (Å²) < 4.78 is 4.44. The van der Waals surface area contributed by atoms with E-state index in [1.807, 2.05) is 0 Å². The van der Waals surface area contributed by atoms with Gasteiger partial charge in [-0.3, -0.25) is 0 Å². The molecule has 0 unspecified atom stereocenters. The minimum absolute atomic E-state index is 0.434. The Labute approximate surface area is 83.3 Å². The van der Waals surface area contributed by atoms with Crippen LogP contribution in [0.4, 0.5) is 0 Å². The summed E-state index contributed by atoms with van der Waals surface area (Å²) in [5, 5.41) is 0. The van der Waals surface area contributed by atoms with Gasteiger partial charge in [-0.2, -0.15) is 0 Å². The molecule has 0 aromatic carbocycles. The Morgan fingerprint density at radius 2 is 1.46 bits per heavy atom. The summed E-state index contributed by atoms with van der Waals surface area (Å²) >= 11 is 0. The van der Waals surface area contributed by atoms with Crippen molar-refractivity contribution in [2.24, 2.45) is 11.5 Å².